The molecule has 0 unspecified atom stereocenters. The Morgan fingerprint density at radius 1 is 1.10 bits per heavy atom. The van der Waals surface area contributed by atoms with Gasteiger partial charge in [0.15, 0.2) is 0 Å². The van der Waals surface area contributed by atoms with Gasteiger partial charge >= 0.3 is 0 Å². The van der Waals surface area contributed by atoms with Gasteiger partial charge in [0.05, 0.1) is 17.9 Å². The van der Waals surface area contributed by atoms with Crippen molar-refractivity contribution in [2.75, 3.05) is 36.4 Å². The number of nitrogens with one attached hydrogen (secondary N) is 1. The number of nitrogens with two attached hydrogens (primary N) is 1. The molecule has 3 N–H and O–H groups in total. The number of para-hydroxylation sites is 2. The third kappa shape index (κ3) is 3.95. The van der Waals surface area contributed by atoms with E-state index in [-0.39, 0.29) is 30.8 Å². The van der Waals surface area contributed by atoms with Crippen molar-refractivity contribution < 1.29 is 9.59 Å². The number of benzene rings is 2. The molecule has 0 aliphatic carbocycles. The first-order valence-corrected chi connectivity index (χ1v) is 10.1. The number of carbonyl (C=O) groups is 2. The Kier molecular flexibility index (Phi) is 6.50. The standard InChI is InChI=1S/C23H28N4O2.ClH/c1-23(2)22(29)25-19-10-6-7-11-20(19)27(23)21(28)15-26-13-17(12-24)18(14-26)16-8-4-3-5-9-16;/h3-11,17-18H,12-15,24H2,1-2H3,(H,25,29);1H/t17-,18+;/m1./s1. The maximum atomic E-state index is 13.4. The number of rotatable bonds is 4. The van der Waals surface area contributed by atoms with Crippen LogP contribution in [0.25, 0.3) is 0 Å². The molecular formula is C23H29ClN4O2. The highest BCUT2D eigenvalue weighted by Gasteiger charge is 2.44. The van der Waals surface area contributed by atoms with Crippen molar-refractivity contribution in [3.8, 4) is 0 Å². The number of amides is 2. The molecule has 0 radical (unpaired) electrons. The van der Waals surface area contributed by atoms with Gasteiger partial charge in [-0.25, -0.2) is 0 Å². The van der Waals surface area contributed by atoms with Gasteiger partial charge in [0, 0.05) is 19.0 Å². The highest BCUT2D eigenvalue weighted by molar-refractivity contribution is 6.14. The van der Waals surface area contributed by atoms with E-state index in [9.17, 15) is 9.59 Å². The molecule has 4 rings (SSSR count). The summed E-state index contributed by atoms with van der Waals surface area (Å²) in [6.07, 6.45) is 0. The van der Waals surface area contributed by atoms with E-state index in [0.717, 1.165) is 18.8 Å². The molecule has 0 saturated carbocycles. The van der Waals surface area contributed by atoms with Crippen LogP contribution in [0, 0.1) is 5.92 Å². The Balaban J connectivity index is 0.00000256. The molecule has 2 aromatic rings. The van der Waals surface area contributed by atoms with Crippen LogP contribution in [0.2, 0.25) is 0 Å². The maximum absolute atomic E-state index is 13.4. The van der Waals surface area contributed by atoms with Gasteiger partial charge in [-0.1, -0.05) is 42.5 Å². The van der Waals surface area contributed by atoms with E-state index >= 15 is 0 Å². The summed E-state index contributed by atoms with van der Waals surface area (Å²) in [7, 11) is 0. The van der Waals surface area contributed by atoms with Crippen molar-refractivity contribution in [3.63, 3.8) is 0 Å². The summed E-state index contributed by atoms with van der Waals surface area (Å²) in [6.45, 7) is 6.00. The molecule has 0 spiro atoms. The second-order valence-corrected chi connectivity index (χ2v) is 8.47. The van der Waals surface area contributed by atoms with Crippen LogP contribution in [0.3, 0.4) is 0 Å². The third-order valence-electron chi connectivity index (χ3n) is 6.16. The topological polar surface area (TPSA) is 78.7 Å². The predicted octanol–water partition coefficient (Wildman–Crippen LogP) is 2.85. The fraction of sp³-hybridized carbons (Fsp3) is 0.391. The van der Waals surface area contributed by atoms with Crippen LogP contribution >= 0.6 is 12.4 Å². The van der Waals surface area contributed by atoms with Crippen LogP contribution in [-0.2, 0) is 9.59 Å². The average molecular weight is 429 g/mol. The number of anilines is 2. The number of fused-ring (bicyclic) bond motifs is 1. The van der Waals surface area contributed by atoms with E-state index in [1.54, 1.807) is 18.7 Å². The molecule has 2 aliphatic heterocycles. The average Bonchev–Trinajstić information content (AvgIpc) is 3.12. The Labute approximate surface area is 183 Å². The van der Waals surface area contributed by atoms with Crippen LogP contribution < -0.4 is 16.0 Å². The third-order valence-corrected chi connectivity index (χ3v) is 6.16. The minimum Gasteiger partial charge on any atom is -0.330 e. The van der Waals surface area contributed by atoms with Crippen LogP contribution in [0.5, 0.6) is 0 Å². The molecule has 2 heterocycles. The summed E-state index contributed by atoms with van der Waals surface area (Å²) in [5.41, 5.74) is 7.79. The first kappa shape index (κ1) is 22.3. The van der Waals surface area contributed by atoms with Crippen molar-refractivity contribution in [1.29, 1.82) is 0 Å². The molecule has 2 aliphatic rings. The Morgan fingerprint density at radius 2 is 1.77 bits per heavy atom. The molecule has 7 heteroatoms. The second kappa shape index (κ2) is 8.76. The van der Waals surface area contributed by atoms with Crippen molar-refractivity contribution in [2.24, 2.45) is 11.7 Å². The Bertz CT molecular complexity index is 918. The molecule has 30 heavy (non-hydrogen) atoms. The SMILES string of the molecule is CC1(C)C(=O)Nc2ccccc2N1C(=O)CN1C[C@@H](CN)[C@H](c2ccccc2)C1.Cl. The molecule has 1 saturated heterocycles. The summed E-state index contributed by atoms with van der Waals surface area (Å²) in [6, 6.07) is 17.8. The van der Waals surface area contributed by atoms with Crippen molar-refractivity contribution in [1.82, 2.24) is 4.90 Å². The fourth-order valence-electron chi connectivity index (χ4n) is 4.57. The zero-order valence-corrected chi connectivity index (χ0v) is 18.2. The van der Waals surface area contributed by atoms with Crippen LogP contribution in [0.4, 0.5) is 11.4 Å². The lowest BCUT2D eigenvalue weighted by Gasteiger charge is -2.42. The zero-order chi connectivity index (χ0) is 20.6. The van der Waals surface area contributed by atoms with E-state index < -0.39 is 5.54 Å². The summed E-state index contributed by atoms with van der Waals surface area (Å²) < 4.78 is 0. The molecule has 160 valence electrons. The number of nitrogens with zero attached hydrogens (tertiary/aromatic N) is 2. The normalized spacial score (nSPS) is 22.8. The lowest BCUT2D eigenvalue weighted by atomic mass is 9.89. The zero-order valence-electron chi connectivity index (χ0n) is 17.4. The van der Waals surface area contributed by atoms with Crippen LogP contribution in [0.1, 0.15) is 25.3 Å². The number of carbonyl (C=O) groups excluding carboxylic acids is 2. The van der Waals surface area contributed by atoms with Crippen molar-refractivity contribution in [3.05, 3.63) is 60.2 Å². The quantitative estimate of drug-likeness (QED) is 0.784. The molecule has 2 aromatic carbocycles. The van der Waals surface area contributed by atoms with Crippen molar-refractivity contribution >= 4 is 35.6 Å². The molecule has 1 fully saturated rings. The smallest absolute Gasteiger partial charge is 0.250 e. The van der Waals surface area contributed by atoms with Gasteiger partial charge in [0.1, 0.15) is 5.54 Å². The van der Waals surface area contributed by atoms with E-state index in [1.165, 1.54) is 5.56 Å². The number of likely N-dealkylation sites (tertiary alicyclic amines) is 1. The van der Waals surface area contributed by atoms with Crippen molar-refractivity contribution in [2.45, 2.75) is 25.3 Å². The van der Waals surface area contributed by atoms with Gasteiger partial charge in [-0.05, 0) is 44.0 Å². The van der Waals surface area contributed by atoms with E-state index in [2.05, 4.69) is 22.3 Å². The van der Waals surface area contributed by atoms with E-state index in [1.807, 2.05) is 42.5 Å². The number of hydrogen-bond donors (Lipinski definition) is 2. The minimum absolute atomic E-state index is 0. The van der Waals surface area contributed by atoms with Crippen LogP contribution in [0.15, 0.2) is 54.6 Å². The van der Waals surface area contributed by atoms with Gasteiger partial charge in [-0.3, -0.25) is 19.4 Å². The Hall–Kier alpha value is -2.41. The fourth-order valence-corrected chi connectivity index (χ4v) is 4.57. The van der Waals surface area contributed by atoms with Gasteiger partial charge < -0.3 is 11.1 Å². The lowest BCUT2D eigenvalue weighted by molar-refractivity contribution is -0.127. The maximum Gasteiger partial charge on any atom is 0.250 e. The minimum atomic E-state index is -0.947. The van der Waals surface area contributed by atoms with Gasteiger partial charge in [0.2, 0.25) is 11.8 Å². The first-order valence-electron chi connectivity index (χ1n) is 10.1. The summed E-state index contributed by atoms with van der Waals surface area (Å²) in [5, 5.41) is 2.91. The van der Waals surface area contributed by atoms with Gasteiger partial charge in [0.25, 0.3) is 0 Å². The summed E-state index contributed by atoms with van der Waals surface area (Å²) >= 11 is 0. The predicted molar refractivity (Wildman–Crippen MR) is 122 cm³/mol. The first-order chi connectivity index (χ1) is 13.9. The number of hydrogen-bond acceptors (Lipinski definition) is 4. The summed E-state index contributed by atoms with van der Waals surface area (Å²) in [4.78, 5) is 29.8. The Morgan fingerprint density at radius 3 is 2.47 bits per heavy atom. The van der Waals surface area contributed by atoms with E-state index in [4.69, 9.17) is 5.73 Å². The highest BCUT2D eigenvalue weighted by Crippen LogP contribution is 2.37. The largest absolute Gasteiger partial charge is 0.330 e. The molecule has 0 aromatic heterocycles. The molecule has 2 atom stereocenters. The molecule has 0 bridgehead atoms. The van der Waals surface area contributed by atoms with Crippen LogP contribution in [-0.4, -0.2) is 48.4 Å². The monoisotopic (exact) mass is 428 g/mol. The number of halogens is 1. The molecule has 2 amide bonds. The second-order valence-electron chi connectivity index (χ2n) is 8.47. The summed E-state index contributed by atoms with van der Waals surface area (Å²) in [5.74, 6) is 0.392. The molecular weight excluding hydrogens is 400 g/mol. The van der Waals surface area contributed by atoms with Gasteiger partial charge in [-0.15, -0.1) is 12.4 Å². The highest BCUT2D eigenvalue weighted by atomic mass is 35.5. The lowest BCUT2D eigenvalue weighted by Crippen LogP contribution is -2.60. The van der Waals surface area contributed by atoms with Gasteiger partial charge in [-0.2, -0.15) is 0 Å². The van der Waals surface area contributed by atoms with E-state index in [0.29, 0.717) is 24.1 Å². The molecule has 6 nitrogen and oxygen atoms in total.